The molecule has 0 atom stereocenters. The van der Waals surface area contributed by atoms with Gasteiger partial charge in [-0.25, -0.2) is 8.42 Å². The number of carbonyl (C=O) groups is 1. The maximum atomic E-state index is 12.6. The summed E-state index contributed by atoms with van der Waals surface area (Å²) in [5.41, 5.74) is 0.313. The molecule has 0 radical (unpaired) electrons. The first kappa shape index (κ1) is 20.4. The van der Waals surface area contributed by atoms with Gasteiger partial charge in [0.05, 0.1) is 5.75 Å². The van der Waals surface area contributed by atoms with Gasteiger partial charge in [0.15, 0.2) is 9.84 Å². The van der Waals surface area contributed by atoms with Crippen molar-refractivity contribution in [3.63, 3.8) is 0 Å². The van der Waals surface area contributed by atoms with Crippen molar-refractivity contribution in [2.24, 2.45) is 5.41 Å². The predicted octanol–water partition coefficient (Wildman–Crippen LogP) is 4.09. The second-order valence-corrected chi connectivity index (χ2v) is 10.9. The fraction of sp³-hybridized carbons (Fsp3) is 0.476. The standard InChI is InChI=1S/C21H29NO3S/c1-20(2,3)15-21(4,5)22-19(23)14-26(24,25)13-17-11-8-10-16-9-6-7-12-18(16)17/h6-12H,13-15H2,1-5H3,(H,22,23). The smallest absolute Gasteiger partial charge is 0.235 e. The monoisotopic (exact) mass is 375 g/mol. The van der Waals surface area contributed by atoms with Crippen LogP contribution in [-0.4, -0.2) is 25.6 Å². The van der Waals surface area contributed by atoms with E-state index in [0.717, 1.165) is 22.8 Å². The molecule has 0 fully saturated rings. The predicted molar refractivity (Wildman–Crippen MR) is 108 cm³/mol. The van der Waals surface area contributed by atoms with Crippen LogP contribution in [-0.2, 0) is 20.4 Å². The number of nitrogens with one attached hydrogen (secondary N) is 1. The zero-order valence-corrected chi connectivity index (χ0v) is 17.1. The quantitative estimate of drug-likeness (QED) is 0.827. The van der Waals surface area contributed by atoms with Crippen molar-refractivity contribution in [1.29, 1.82) is 0 Å². The van der Waals surface area contributed by atoms with E-state index in [2.05, 4.69) is 26.1 Å². The summed E-state index contributed by atoms with van der Waals surface area (Å²) in [7, 11) is -3.55. The molecule has 0 bridgehead atoms. The molecule has 0 aliphatic carbocycles. The Balaban J connectivity index is 2.10. The topological polar surface area (TPSA) is 63.2 Å². The molecule has 0 unspecified atom stereocenters. The van der Waals surface area contributed by atoms with E-state index in [-0.39, 0.29) is 11.2 Å². The van der Waals surface area contributed by atoms with Crippen molar-refractivity contribution in [2.75, 3.05) is 5.75 Å². The Morgan fingerprint density at radius 2 is 1.58 bits per heavy atom. The van der Waals surface area contributed by atoms with Gasteiger partial charge in [0, 0.05) is 5.54 Å². The van der Waals surface area contributed by atoms with Gasteiger partial charge in [-0.1, -0.05) is 63.2 Å². The molecule has 0 saturated carbocycles. The van der Waals surface area contributed by atoms with Crippen molar-refractivity contribution in [2.45, 2.75) is 52.3 Å². The molecule has 1 amide bonds. The van der Waals surface area contributed by atoms with Gasteiger partial charge in [-0.2, -0.15) is 0 Å². The summed E-state index contributed by atoms with van der Waals surface area (Å²) in [5, 5.41) is 4.78. The highest BCUT2D eigenvalue weighted by molar-refractivity contribution is 7.91. The average Bonchev–Trinajstić information content (AvgIpc) is 2.43. The molecule has 4 nitrogen and oxygen atoms in total. The van der Waals surface area contributed by atoms with Gasteiger partial charge in [-0.3, -0.25) is 4.79 Å². The molecule has 0 aliphatic heterocycles. The van der Waals surface area contributed by atoms with E-state index < -0.39 is 27.0 Å². The van der Waals surface area contributed by atoms with Crippen molar-refractivity contribution in [3.8, 4) is 0 Å². The summed E-state index contributed by atoms with van der Waals surface area (Å²) in [6.07, 6.45) is 0.759. The van der Waals surface area contributed by atoms with Gasteiger partial charge < -0.3 is 5.32 Å². The Bertz CT molecular complexity index is 888. The van der Waals surface area contributed by atoms with Crippen LogP contribution in [0.1, 0.15) is 46.6 Å². The van der Waals surface area contributed by atoms with Gasteiger partial charge in [0.1, 0.15) is 5.75 Å². The highest BCUT2D eigenvalue weighted by atomic mass is 32.2. The third-order valence-electron chi connectivity index (χ3n) is 4.06. The number of fused-ring (bicyclic) bond motifs is 1. The Labute approximate surface area is 156 Å². The minimum Gasteiger partial charge on any atom is -0.350 e. The summed E-state index contributed by atoms with van der Waals surface area (Å²) < 4.78 is 25.1. The molecule has 2 aromatic rings. The van der Waals surface area contributed by atoms with Gasteiger partial charge in [0.25, 0.3) is 0 Å². The Hall–Kier alpha value is -1.88. The minimum absolute atomic E-state index is 0.0403. The fourth-order valence-electron chi connectivity index (χ4n) is 3.69. The Morgan fingerprint density at radius 1 is 0.962 bits per heavy atom. The molecule has 0 aromatic heterocycles. The van der Waals surface area contributed by atoms with Crippen molar-refractivity contribution >= 4 is 26.5 Å². The van der Waals surface area contributed by atoms with E-state index in [1.54, 1.807) is 6.07 Å². The highest BCUT2D eigenvalue weighted by Crippen LogP contribution is 2.27. The lowest BCUT2D eigenvalue weighted by molar-refractivity contribution is -0.120. The molecule has 26 heavy (non-hydrogen) atoms. The molecular formula is C21H29NO3S. The molecule has 1 N–H and O–H groups in total. The molecule has 0 heterocycles. The van der Waals surface area contributed by atoms with E-state index in [1.165, 1.54) is 0 Å². The van der Waals surface area contributed by atoms with Crippen LogP contribution in [0.2, 0.25) is 0 Å². The number of hydrogen-bond acceptors (Lipinski definition) is 3. The molecule has 5 heteroatoms. The van der Waals surface area contributed by atoms with Crippen molar-refractivity contribution in [1.82, 2.24) is 5.32 Å². The van der Waals surface area contributed by atoms with Crippen LogP contribution in [0.4, 0.5) is 0 Å². The van der Waals surface area contributed by atoms with E-state index in [0.29, 0.717) is 0 Å². The number of amides is 1. The van der Waals surface area contributed by atoms with E-state index in [1.807, 2.05) is 50.2 Å². The second-order valence-electron chi connectivity index (χ2n) is 8.84. The lowest BCUT2D eigenvalue weighted by atomic mass is 9.82. The molecule has 2 aromatic carbocycles. The summed E-state index contributed by atoms with van der Waals surface area (Å²) >= 11 is 0. The Kier molecular flexibility index (Phi) is 5.81. The van der Waals surface area contributed by atoms with Crippen LogP contribution in [0.5, 0.6) is 0 Å². The second kappa shape index (κ2) is 7.39. The molecule has 0 aliphatic rings. The lowest BCUT2D eigenvalue weighted by Crippen LogP contribution is -2.47. The molecule has 142 valence electrons. The first-order chi connectivity index (χ1) is 11.9. The summed E-state index contributed by atoms with van der Waals surface area (Å²) in [5.74, 6) is -1.08. The fourth-order valence-corrected chi connectivity index (χ4v) is 4.99. The van der Waals surface area contributed by atoms with Crippen LogP contribution in [0, 0.1) is 5.41 Å². The van der Waals surface area contributed by atoms with Gasteiger partial charge in [-0.05, 0) is 42.0 Å². The maximum absolute atomic E-state index is 12.6. The van der Waals surface area contributed by atoms with Crippen LogP contribution in [0.3, 0.4) is 0 Å². The highest BCUT2D eigenvalue weighted by Gasteiger charge is 2.28. The number of hydrogen-bond donors (Lipinski definition) is 1. The van der Waals surface area contributed by atoms with E-state index in [9.17, 15) is 13.2 Å². The van der Waals surface area contributed by atoms with Crippen LogP contribution >= 0.6 is 0 Å². The van der Waals surface area contributed by atoms with Crippen molar-refractivity contribution < 1.29 is 13.2 Å². The van der Waals surface area contributed by atoms with Gasteiger partial charge >= 0.3 is 0 Å². The molecule has 2 rings (SSSR count). The summed E-state index contributed by atoms with van der Waals surface area (Å²) in [6, 6.07) is 13.3. The van der Waals surface area contributed by atoms with Crippen LogP contribution in [0.15, 0.2) is 42.5 Å². The first-order valence-corrected chi connectivity index (χ1v) is 10.7. The largest absolute Gasteiger partial charge is 0.350 e. The summed E-state index contributed by atoms with van der Waals surface area (Å²) in [4.78, 5) is 12.3. The first-order valence-electron chi connectivity index (χ1n) is 8.85. The Morgan fingerprint density at radius 3 is 2.23 bits per heavy atom. The third kappa shape index (κ3) is 6.13. The molecule has 0 spiro atoms. The SMILES string of the molecule is CC(C)(C)CC(C)(C)NC(=O)CS(=O)(=O)Cc1cccc2ccccc12. The van der Waals surface area contributed by atoms with Gasteiger partial charge in [0.2, 0.25) is 5.91 Å². The number of sulfone groups is 1. The number of rotatable bonds is 6. The van der Waals surface area contributed by atoms with Crippen LogP contribution in [0.25, 0.3) is 10.8 Å². The molecule has 0 saturated heterocycles. The minimum atomic E-state index is -3.55. The normalized spacial score (nSPS) is 13.0. The zero-order chi connectivity index (χ0) is 19.6. The summed E-state index contributed by atoms with van der Waals surface area (Å²) in [6.45, 7) is 10.1. The lowest BCUT2D eigenvalue weighted by Gasteiger charge is -2.33. The number of carbonyl (C=O) groups excluding carboxylic acids is 1. The van der Waals surface area contributed by atoms with Crippen LogP contribution < -0.4 is 5.32 Å². The third-order valence-corrected chi connectivity index (χ3v) is 5.51. The zero-order valence-electron chi connectivity index (χ0n) is 16.3. The number of benzene rings is 2. The van der Waals surface area contributed by atoms with E-state index >= 15 is 0 Å². The maximum Gasteiger partial charge on any atom is 0.235 e. The molecular weight excluding hydrogens is 346 g/mol. The van der Waals surface area contributed by atoms with E-state index in [4.69, 9.17) is 0 Å². The van der Waals surface area contributed by atoms with Crippen molar-refractivity contribution in [3.05, 3.63) is 48.0 Å². The van der Waals surface area contributed by atoms with Gasteiger partial charge in [-0.15, -0.1) is 0 Å². The average molecular weight is 376 g/mol.